The number of pyridine rings is 1. The molecule has 1 heterocycles. The third kappa shape index (κ3) is 8.73. The lowest BCUT2D eigenvalue weighted by Crippen LogP contribution is -2.48. The molecule has 0 unspecified atom stereocenters. The van der Waals surface area contributed by atoms with Crippen LogP contribution in [0.1, 0.15) is 37.4 Å². The van der Waals surface area contributed by atoms with Gasteiger partial charge in [-0.2, -0.15) is 0 Å². The van der Waals surface area contributed by atoms with Crippen LogP contribution in [0.2, 0.25) is 0 Å². The summed E-state index contributed by atoms with van der Waals surface area (Å²) >= 11 is 0. The summed E-state index contributed by atoms with van der Waals surface area (Å²) in [5, 5.41) is 17.4. The van der Waals surface area contributed by atoms with E-state index in [0.717, 1.165) is 22.4 Å². The minimum absolute atomic E-state index is 0.203. The number of hydrogen-bond donors (Lipinski definition) is 3. The van der Waals surface area contributed by atoms with Gasteiger partial charge in [-0.05, 0) is 59.5 Å². The molecule has 212 valence electrons. The van der Waals surface area contributed by atoms with Crippen molar-refractivity contribution in [3.8, 4) is 5.75 Å². The van der Waals surface area contributed by atoms with Gasteiger partial charge in [0.2, 0.25) is 0 Å². The average molecular weight is 553 g/mol. The maximum atomic E-state index is 13.4. The first-order chi connectivity index (χ1) is 19.9. The van der Waals surface area contributed by atoms with Crippen LogP contribution >= 0.6 is 0 Å². The van der Waals surface area contributed by atoms with E-state index in [1.165, 1.54) is 0 Å². The summed E-state index contributed by atoms with van der Waals surface area (Å²) in [6.07, 6.45) is 2.99. The fourth-order valence-electron chi connectivity index (χ4n) is 4.54. The monoisotopic (exact) mass is 552 g/mol. The predicted octanol–water partition coefficient (Wildman–Crippen LogP) is 3.85. The maximum absolute atomic E-state index is 13.4. The summed E-state index contributed by atoms with van der Waals surface area (Å²) in [5.41, 5.74) is 3.68. The molecule has 4 rings (SSSR count). The van der Waals surface area contributed by atoms with Crippen molar-refractivity contribution < 1.29 is 19.4 Å². The Morgan fingerprint density at radius 1 is 0.902 bits per heavy atom. The number of aliphatic hydroxyl groups is 1. The van der Waals surface area contributed by atoms with E-state index in [0.29, 0.717) is 30.6 Å². The number of carbonyl (C=O) groups is 2. The minimum atomic E-state index is -0.861. The largest absolute Gasteiger partial charge is 0.497 e. The molecule has 0 bridgehead atoms. The van der Waals surface area contributed by atoms with E-state index >= 15 is 0 Å². The highest BCUT2D eigenvalue weighted by Crippen LogP contribution is 2.14. The Morgan fingerprint density at radius 2 is 1.63 bits per heavy atom. The number of ether oxygens (including phenoxy) is 1. The second kappa shape index (κ2) is 14.7. The molecular formula is C33H36N4O4. The zero-order valence-electron chi connectivity index (χ0n) is 23.4. The van der Waals surface area contributed by atoms with Crippen LogP contribution in [0.5, 0.6) is 5.75 Å². The Hall–Kier alpha value is -4.53. The molecule has 8 nitrogen and oxygen atoms in total. The summed E-state index contributed by atoms with van der Waals surface area (Å²) in [7, 11) is 3.34. The number of rotatable bonds is 13. The normalized spacial score (nSPS) is 12.3. The number of aromatic nitrogens is 1. The van der Waals surface area contributed by atoms with Crippen LogP contribution in [0.25, 0.3) is 0 Å². The van der Waals surface area contributed by atoms with Crippen molar-refractivity contribution in [2.45, 2.75) is 31.7 Å². The van der Waals surface area contributed by atoms with Crippen molar-refractivity contribution >= 4 is 11.8 Å². The Balaban J connectivity index is 1.42. The minimum Gasteiger partial charge on any atom is -0.497 e. The first-order valence-electron chi connectivity index (χ1n) is 13.5. The molecule has 0 aliphatic carbocycles. The Bertz CT molecular complexity index is 1420. The first-order valence-corrected chi connectivity index (χ1v) is 13.5. The smallest absolute Gasteiger partial charge is 0.253 e. The molecule has 8 heteroatoms. The molecule has 1 aromatic heterocycles. The standard InChI is InChI=1S/C33H36N4O4/c1-37(23-26-12-8-16-34-21-26)33(40)28-14-7-13-27(19-28)32(39)36-30(18-24-9-4-3-5-10-24)31(38)22-35-20-25-11-6-15-29(17-25)41-2/h3-17,19,21,30-31,35,38H,18,20,22-23H2,1-2H3,(H,36,39)/t30-,31+/m0/s1. The highest BCUT2D eigenvalue weighted by Gasteiger charge is 2.23. The number of carbonyl (C=O) groups excluding carboxylic acids is 2. The van der Waals surface area contributed by atoms with E-state index in [1.807, 2.05) is 66.7 Å². The van der Waals surface area contributed by atoms with Gasteiger partial charge in [0.05, 0.1) is 19.3 Å². The molecule has 3 aromatic carbocycles. The van der Waals surface area contributed by atoms with Gasteiger partial charge < -0.3 is 25.4 Å². The number of aliphatic hydroxyl groups excluding tert-OH is 1. The van der Waals surface area contributed by atoms with Crippen molar-refractivity contribution in [1.82, 2.24) is 20.5 Å². The summed E-state index contributed by atoms with van der Waals surface area (Å²) < 4.78 is 5.28. The lowest BCUT2D eigenvalue weighted by Gasteiger charge is -2.25. The molecule has 0 saturated heterocycles. The zero-order valence-corrected chi connectivity index (χ0v) is 23.4. The van der Waals surface area contributed by atoms with Crippen LogP contribution < -0.4 is 15.4 Å². The summed E-state index contributed by atoms with van der Waals surface area (Å²) in [6.45, 7) is 1.21. The Labute approximate surface area is 241 Å². The number of nitrogens with one attached hydrogen (secondary N) is 2. The Kier molecular flexibility index (Phi) is 10.6. The van der Waals surface area contributed by atoms with Gasteiger partial charge >= 0.3 is 0 Å². The SMILES string of the molecule is COc1cccc(CNC[C@@H](O)[C@H](Cc2ccccc2)NC(=O)c2cccc(C(=O)N(C)Cc3cccnc3)c2)c1. The van der Waals surface area contributed by atoms with Crippen molar-refractivity contribution in [1.29, 1.82) is 0 Å². The van der Waals surface area contributed by atoms with E-state index < -0.39 is 12.1 Å². The number of methoxy groups -OCH3 is 1. The summed E-state index contributed by atoms with van der Waals surface area (Å²) in [6, 6.07) is 27.2. The van der Waals surface area contributed by atoms with Gasteiger partial charge in [0.15, 0.2) is 0 Å². The predicted molar refractivity (Wildman–Crippen MR) is 159 cm³/mol. The molecule has 2 atom stereocenters. The number of amides is 2. The fourth-order valence-corrected chi connectivity index (χ4v) is 4.54. The zero-order chi connectivity index (χ0) is 29.0. The van der Waals surface area contributed by atoms with Gasteiger partial charge in [0, 0.05) is 50.2 Å². The molecule has 0 aliphatic rings. The third-order valence-electron chi connectivity index (χ3n) is 6.76. The average Bonchev–Trinajstić information content (AvgIpc) is 3.01. The Morgan fingerprint density at radius 3 is 2.39 bits per heavy atom. The number of hydrogen-bond acceptors (Lipinski definition) is 6. The highest BCUT2D eigenvalue weighted by atomic mass is 16.5. The van der Waals surface area contributed by atoms with E-state index in [4.69, 9.17) is 4.74 Å². The fraction of sp³-hybridized carbons (Fsp3) is 0.242. The molecular weight excluding hydrogens is 516 g/mol. The van der Waals surface area contributed by atoms with Crippen molar-refractivity contribution in [3.63, 3.8) is 0 Å². The van der Waals surface area contributed by atoms with Crippen LogP contribution in [0, 0.1) is 0 Å². The molecule has 3 N–H and O–H groups in total. The van der Waals surface area contributed by atoms with E-state index in [1.54, 1.807) is 55.7 Å². The summed E-state index contributed by atoms with van der Waals surface area (Å²) in [4.78, 5) is 32.1. The lowest BCUT2D eigenvalue weighted by atomic mass is 10.00. The second-order valence-electron chi connectivity index (χ2n) is 9.92. The molecule has 41 heavy (non-hydrogen) atoms. The lowest BCUT2D eigenvalue weighted by molar-refractivity contribution is 0.0785. The molecule has 0 fully saturated rings. The van der Waals surface area contributed by atoms with Crippen LogP contribution in [0.15, 0.2) is 103 Å². The van der Waals surface area contributed by atoms with Crippen LogP contribution in [0.3, 0.4) is 0 Å². The van der Waals surface area contributed by atoms with Gasteiger partial charge in [-0.1, -0.05) is 54.6 Å². The van der Waals surface area contributed by atoms with Crippen LogP contribution in [0.4, 0.5) is 0 Å². The van der Waals surface area contributed by atoms with E-state index in [2.05, 4.69) is 15.6 Å². The number of benzene rings is 3. The molecule has 2 amide bonds. The van der Waals surface area contributed by atoms with Crippen molar-refractivity contribution in [2.75, 3.05) is 20.7 Å². The quantitative estimate of drug-likeness (QED) is 0.233. The van der Waals surface area contributed by atoms with Crippen LogP contribution in [-0.2, 0) is 19.5 Å². The maximum Gasteiger partial charge on any atom is 0.253 e. The molecule has 0 saturated carbocycles. The van der Waals surface area contributed by atoms with Crippen LogP contribution in [-0.4, -0.2) is 59.7 Å². The van der Waals surface area contributed by atoms with Gasteiger partial charge in [-0.3, -0.25) is 14.6 Å². The van der Waals surface area contributed by atoms with Gasteiger partial charge in [-0.25, -0.2) is 0 Å². The van der Waals surface area contributed by atoms with Gasteiger partial charge in [0.25, 0.3) is 11.8 Å². The van der Waals surface area contributed by atoms with Gasteiger partial charge in [0.1, 0.15) is 5.75 Å². The highest BCUT2D eigenvalue weighted by molar-refractivity contribution is 5.99. The first kappa shape index (κ1) is 29.5. The van der Waals surface area contributed by atoms with E-state index in [9.17, 15) is 14.7 Å². The molecule has 0 aliphatic heterocycles. The third-order valence-corrected chi connectivity index (χ3v) is 6.76. The topological polar surface area (TPSA) is 104 Å². The van der Waals surface area contributed by atoms with Crippen molar-refractivity contribution in [2.24, 2.45) is 0 Å². The van der Waals surface area contributed by atoms with E-state index in [-0.39, 0.29) is 18.4 Å². The van der Waals surface area contributed by atoms with Crippen molar-refractivity contribution in [3.05, 3.63) is 131 Å². The second-order valence-corrected chi connectivity index (χ2v) is 9.92. The number of nitrogens with zero attached hydrogens (tertiary/aromatic N) is 2. The molecule has 0 spiro atoms. The molecule has 0 radical (unpaired) electrons. The van der Waals surface area contributed by atoms with Gasteiger partial charge in [-0.15, -0.1) is 0 Å². The molecule has 4 aromatic rings. The summed E-state index contributed by atoms with van der Waals surface area (Å²) in [5.74, 6) is 0.205.